The summed E-state index contributed by atoms with van der Waals surface area (Å²) in [5.41, 5.74) is 7.06. The minimum atomic E-state index is -3.69. The number of nitrogens with two attached hydrogens (primary N) is 2. The quantitative estimate of drug-likeness (QED) is 0.728. The van der Waals surface area contributed by atoms with Crippen molar-refractivity contribution in [2.45, 2.75) is 43.9 Å². The molecule has 2 rings (SSSR count). The standard InChI is InChI=1S/C15H25N3O2S/c1-11-2-4-12(5-3-11)8-9-18-15-7-6-13(10-14(15)16)21(17,19)20/h6-7,10-12,18H,2-5,8-9,16H2,1H3,(H2,17,19,20). The first-order chi connectivity index (χ1) is 9.86. The van der Waals surface area contributed by atoms with Crippen LogP contribution in [0.15, 0.2) is 23.1 Å². The van der Waals surface area contributed by atoms with E-state index in [0.717, 1.165) is 30.5 Å². The molecule has 0 saturated heterocycles. The fourth-order valence-corrected chi connectivity index (χ4v) is 3.46. The highest BCUT2D eigenvalue weighted by Gasteiger charge is 2.17. The number of hydrogen-bond acceptors (Lipinski definition) is 4. The minimum absolute atomic E-state index is 0.0480. The van der Waals surface area contributed by atoms with Gasteiger partial charge in [-0.1, -0.05) is 32.6 Å². The van der Waals surface area contributed by atoms with E-state index >= 15 is 0 Å². The van der Waals surface area contributed by atoms with E-state index in [1.54, 1.807) is 6.07 Å². The van der Waals surface area contributed by atoms with Crippen molar-refractivity contribution >= 4 is 21.4 Å². The zero-order chi connectivity index (χ0) is 15.5. The van der Waals surface area contributed by atoms with E-state index in [1.807, 2.05) is 0 Å². The van der Waals surface area contributed by atoms with Gasteiger partial charge in [0, 0.05) is 6.54 Å². The molecule has 21 heavy (non-hydrogen) atoms. The van der Waals surface area contributed by atoms with E-state index in [-0.39, 0.29) is 4.90 Å². The lowest BCUT2D eigenvalue weighted by atomic mass is 9.81. The average Bonchev–Trinajstić information content (AvgIpc) is 2.41. The molecule has 0 spiro atoms. The summed E-state index contributed by atoms with van der Waals surface area (Å²) in [6, 6.07) is 4.56. The number of rotatable bonds is 5. The molecule has 0 amide bonds. The number of benzene rings is 1. The summed E-state index contributed by atoms with van der Waals surface area (Å²) in [7, 11) is -3.69. The van der Waals surface area contributed by atoms with Crippen molar-refractivity contribution in [1.82, 2.24) is 0 Å². The third-order valence-corrected chi connectivity index (χ3v) is 5.27. The van der Waals surface area contributed by atoms with Gasteiger partial charge in [-0.15, -0.1) is 0 Å². The fraction of sp³-hybridized carbons (Fsp3) is 0.600. The molecule has 0 aliphatic heterocycles. The van der Waals surface area contributed by atoms with E-state index in [1.165, 1.54) is 37.8 Å². The second-order valence-electron chi connectivity index (χ2n) is 6.14. The monoisotopic (exact) mass is 311 g/mol. The van der Waals surface area contributed by atoms with E-state index in [4.69, 9.17) is 10.9 Å². The molecular formula is C15H25N3O2S. The summed E-state index contributed by atoms with van der Waals surface area (Å²) >= 11 is 0. The van der Waals surface area contributed by atoms with Crippen molar-refractivity contribution in [3.8, 4) is 0 Å². The Bertz CT molecular complexity index is 579. The minimum Gasteiger partial charge on any atom is -0.397 e. The molecule has 5 nitrogen and oxygen atoms in total. The molecule has 5 N–H and O–H groups in total. The predicted octanol–water partition coefficient (Wildman–Crippen LogP) is 2.54. The molecule has 0 bridgehead atoms. The molecule has 0 aromatic heterocycles. The topological polar surface area (TPSA) is 98.2 Å². The van der Waals surface area contributed by atoms with Gasteiger partial charge in [0.2, 0.25) is 10.0 Å². The molecule has 1 aromatic rings. The molecule has 0 heterocycles. The summed E-state index contributed by atoms with van der Waals surface area (Å²) in [5.74, 6) is 1.66. The average molecular weight is 311 g/mol. The zero-order valence-corrected chi connectivity index (χ0v) is 13.3. The Kier molecular flexibility index (Phi) is 5.11. The summed E-state index contributed by atoms with van der Waals surface area (Å²) in [6.07, 6.45) is 6.40. The van der Waals surface area contributed by atoms with Gasteiger partial charge < -0.3 is 11.1 Å². The van der Waals surface area contributed by atoms with Crippen molar-refractivity contribution in [3.05, 3.63) is 18.2 Å². The summed E-state index contributed by atoms with van der Waals surface area (Å²) in [5, 5.41) is 8.37. The third-order valence-electron chi connectivity index (χ3n) is 4.36. The smallest absolute Gasteiger partial charge is 0.238 e. The molecular weight excluding hydrogens is 286 g/mol. The normalized spacial score (nSPS) is 23.0. The molecule has 1 aliphatic carbocycles. The lowest BCUT2D eigenvalue weighted by Gasteiger charge is -2.26. The first kappa shape index (κ1) is 16.1. The van der Waals surface area contributed by atoms with Gasteiger partial charge in [0.1, 0.15) is 0 Å². The van der Waals surface area contributed by atoms with Crippen LogP contribution in [0.4, 0.5) is 11.4 Å². The van der Waals surface area contributed by atoms with Gasteiger partial charge in [-0.05, 0) is 36.5 Å². The molecule has 1 aromatic carbocycles. The van der Waals surface area contributed by atoms with Crippen LogP contribution in [0.5, 0.6) is 0 Å². The predicted molar refractivity (Wildman–Crippen MR) is 86.5 cm³/mol. The second kappa shape index (κ2) is 6.66. The first-order valence-electron chi connectivity index (χ1n) is 7.52. The molecule has 118 valence electrons. The Morgan fingerprint density at radius 3 is 2.48 bits per heavy atom. The Labute approximate surface area is 127 Å². The fourth-order valence-electron chi connectivity index (χ4n) is 2.91. The highest BCUT2D eigenvalue weighted by Crippen LogP contribution is 2.30. The van der Waals surface area contributed by atoms with Gasteiger partial charge in [0.05, 0.1) is 16.3 Å². The molecule has 6 heteroatoms. The second-order valence-corrected chi connectivity index (χ2v) is 7.70. The maximum absolute atomic E-state index is 11.2. The van der Waals surface area contributed by atoms with Crippen LogP contribution >= 0.6 is 0 Å². The highest BCUT2D eigenvalue weighted by molar-refractivity contribution is 7.89. The Balaban J connectivity index is 1.86. The lowest BCUT2D eigenvalue weighted by Crippen LogP contribution is -2.16. The van der Waals surface area contributed by atoms with Crippen LogP contribution in [0.25, 0.3) is 0 Å². The van der Waals surface area contributed by atoms with E-state index < -0.39 is 10.0 Å². The van der Waals surface area contributed by atoms with E-state index in [0.29, 0.717) is 5.69 Å². The van der Waals surface area contributed by atoms with E-state index in [9.17, 15) is 8.42 Å². The van der Waals surface area contributed by atoms with Crippen LogP contribution in [0.1, 0.15) is 39.0 Å². The van der Waals surface area contributed by atoms with E-state index in [2.05, 4.69) is 12.2 Å². The van der Waals surface area contributed by atoms with Crippen molar-refractivity contribution in [2.75, 3.05) is 17.6 Å². The van der Waals surface area contributed by atoms with Gasteiger partial charge in [0.15, 0.2) is 0 Å². The van der Waals surface area contributed by atoms with Gasteiger partial charge in [-0.25, -0.2) is 13.6 Å². The number of primary sulfonamides is 1. The van der Waals surface area contributed by atoms with Crippen LogP contribution in [0.3, 0.4) is 0 Å². The van der Waals surface area contributed by atoms with Crippen molar-refractivity contribution in [3.63, 3.8) is 0 Å². The first-order valence-corrected chi connectivity index (χ1v) is 9.07. The highest BCUT2D eigenvalue weighted by atomic mass is 32.2. The number of anilines is 2. The summed E-state index contributed by atoms with van der Waals surface area (Å²) in [4.78, 5) is 0.0480. The maximum atomic E-state index is 11.2. The van der Waals surface area contributed by atoms with Crippen LogP contribution in [-0.2, 0) is 10.0 Å². The Hall–Kier alpha value is -1.27. The lowest BCUT2D eigenvalue weighted by molar-refractivity contribution is 0.282. The maximum Gasteiger partial charge on any atom is 0.238 e. The molecule has 1 fully saturated rings. The Morgan fingerprint density at radius 2 is 1.90 bits per heavy atom. The number of sulfonamides is 1. The van der Waals surface area contributed by atoms with Crippen molar-refractivity contribution < 1.29 is 8.42 Å². The number of nitrogen functional groups attached to an aromatic ring is 1. The van der Waals surface area contributed by atoms with Gasteiger partial charge in [0.25, 0.3) is 0 Å². The van der Waals surface area contributed by atoms with Gasteiger partial charge in [-0.3, -0.25) is 0 Å². The molecule has 0 atom stereocenters. The number of hydrogen-bond donors (Lipinski definition) is 3. The zero-order valence-electron chi connectivity index (χ0n) is 12.5. The van der Waals surface area contributed by atoms with Crippen molar-refractivity contribution in [1.29, 1.82) is 0 Å². The van der Waals surface area contributed by atoms with Crippen LogP contribution in [-0.4, -0.2) is 15.0 Å². The van der Waals surface area contributed by atoms with Crippen LogP contribution in [0, 0.1) is 11.8 Å². The Morgan fingerprint density at radius 1 is 1.24 bits per heavy atom. The molecule has 1 saturated carbocycles. The largest absolute Gasteiger partial charge is 0.397 e. The third kappa shape index (κ3) is 4.61. The van der Waals surface area contributed by atoms with Crippen LogP contribution < -0.4 is 16.2 Å². The summed E-state index contributed by atoms with van der Waals surface area (Å²) < 4.78 is 22.5. The summed E-state index contributed by atoms with van der Waals surface area (Å²) in [6.45, 7) is 3.18. The molecule has 1 aliphatic rings. The molecule has 0 unspecified atom stereocenters. The van der Waals surface area contributed by atoms with Crippen molar-refractivity contribution in [2.24, 2.45) is 17.0 Å². The SMILES string of the molecule is CC1CCC(CCNc2ccc(S(N)(=O)=O)cc2N)CC1. The number of nitrogens with one attached hydrogen (secondary N) is 1. The molecule has 0 radical (unpaired) electrons. The van der Waals surface area contributed by atoms with Gasteiger partial charge >= 0.3 is 0 Å². The van der Waals surface area contributed by atoms with Gasteiger partial charge in [-0.2, -0.15) is 0 Å². The van der Waals surface area contributed by atoms with Crippen LogP contribution in [0.2, 0.25) is 0 Å².